The zero-order chi connectivity index (χ0) is 18.0. The van der Waals surface area contributed by atoms with Gasteiger partial charge in [-0.25, -0.2) is 0 Å². The number of nitrogens with one attached hydrogen (secondary N) is 1. The summed E-state index contributed by atoms with van der Waals surface area (Å²) in [5.74, 6) is 1.34. The van der Waals surface area contributed by atoms with E-state index in [0.29, 0.717) is 33.5 Å². The molecule has 3 rings (SSSR count). The van der Waals surface area contributed by atoms with E-state index in [1.165, 1.54) is 23.3 Å². The van der Waals surface area contributed by atoms with Crippen LogP contribution in [0.25, 0.3) is 0 Å². The molecule has 0 saturated heterocycles. The summed E-state index contributed by atoms with van der Waals surface area (Å²) in [7, 11) is 3.07. The van der Waals surface area contributed by atoms with Crippen LogP contribution in [0.1, 0.15) is 39.7 Å². The van der Waals surface area contributed by atoms with Crippen LogP contribution in [0, 0.1) is 17.2 Å². The average molecular weight is 356 g/mol. The second-order valence-electron chi connectivity index (χ2n) is 6.19. The Balaban J connectivity index is 1.93. The molecule has 1 unspecified atom stereocenters. The number of amides is 1. The minimum absolute atomic E-state index is 0.307. The first kappa shape index (κ1) is 17.3. The standard InChI is InChI=1S/C19H20N2O3S/c1-11-4-6-13-15(10-20)19(25-17(13)8-11)21-18(22)14-9-12(23-2)5-7-16(14)24-3/h5,7,9,11H,4,6,8H2,1-3H3,(H,21,22). The molecule has 0 radical (unpaired) electrons. The molecule has 6 heteroatoms. The molecule has 1 aromatic heterocycles. The van der Waals surface area contributed by atoms with Crippen LogP contribution in [0.4, 0.5) is 5.00 Å². The topological polar surface area (TPSA) is 71.3 Å². The predicted octanol–water partition coefficient (Wildman–Crippen LogP) is 4.01. The number of carbonyl (C=O) groups is 1. The van der Waals surface area contributed by atoms with Gasteiger partial charge in [0.2, 0.25) is 0 Å². The van der Waals surface area contributed by atoms with Crippen molar-refractivity contribution in [3.05, 3.63) is 39.8 Å². The smallest absolute Gasteiger partial charge is 0.260 e. The van der Waals surface area contributed by atoms with Gasteiger partial charge >= 0.3 is 0 Å². The highest BCUT2D eigenvalue weighted by atomic mass is 32.1. The number of thiophene rings is 1. The summed E-state index contributed by atoms with van der Waals surface area (Å²) in [4.78, 5) is 14.0. The SMILES string of the molecule is COc1ccc(OC)c(C(=O)Nc2sc3c(c2C#N)CCC(C)C3)c1. The van der Waals surface area contributed by atoms with Crippen molar-refractivity contribution >= 4 is 22.2 Å². The van der Waals surface area contributed by atoms with Gasteiger partial charge in [-0.05, 0) is 48.9 Å². The van der Waals surface area contributed by atoms with Gasteiger partial charge in [0, 0.05) is 4.88 Å². The molecule has 5 nitrogen and oxygen atoms in total. The summed E-state index contributed by atoms with van der Waals surface area (Å²) < 4.78 is 10.5. The van der Waals surface area contributed by atoms with E-state index < -0.39 is 0 Å². The van der Waals surface area contributed by atoms with Crippen LogP contribution in [0.5, 0.6) is 11.5 Å². The summed E-state index contributed by atoms with van der Waals surface area (Å²) in [6, 6.07) is 7.33. The van der Waals surface area contributed by atoms with Crippen molar-refractivity contribution < 1.29 is 14.3 Å². The van der Waals surface area contributed by atoms with Gasteiger partial charge < -0.3 is 14.8 Å². The van der Waals surface area contributed by atoms with Crippen LogP contribution < -0.4 is 14.8 Å². The number of fused-ring (bicyclic) bond motifs is 1. The van der Waals surface area contributed by atoms with Gasteiger partial charge in [-0.2, -0.15) is 5.26 Å². The first-order chi connectivity index (χ1) is 12.1. The molecule has 1 N–H and O–H groups in total. The van der Waals surface area contributed by atoms with Gasteiger partial charge in [0.25, 0.3) is 5.91 Å². The molecule has 0 spiro atoms. The van der Waals surface area contributed by atoms with E-state index in [1.807, 2.05) is 0 Å². The third kappa shape index (κ3) is 3.33. The Labute approximate surface area is 151 Å². The number of nitrogens with zero attached hydrogens (tertiary/aromatic N) is 1. The third-order valence-corrected chi connectivity index (χ3v) is 5.67. The van der Waals surface area contributed by atoms with Crippen LogP contribution in [-0.4, -0.2) is 20.1 Å². The maximum atomic E-state index is 12.8. The number of rotatable bonds is 4. The van der Waals surface area contributed by atoms with Crippen LogP contribution in [0.3, 0.4) is 0 Å². The van der Waals surface area contributed by atoms with E-state index in [0.717, 1.165) is 24.8 Å². The predicted molar refractivity (Wildman–Crippen MR) is 97.7 cm³/mol. The van der Waals surface area contributed by atoms with E-state index in [-0.39, 0.29) is 5.91 Å². The Morgan fingerprint density at radius 3 is 2.84 bits per heavy atom. The molecular formula is C19H20N2O3S. The number of hydrogen-bond donors (Lipinski definition) is 1. The highest BCUT2D eigenvalue weighted by molar-refractivity contribution is 7.16. The molecule has 1 heterocycles. The Morgan fingerprint density at radius 1 is 1.36 bits per heavy atom. The van der Waals surface area contributed by atoms with Crippen molar-refractivity contribution in [3.8, 4) is 17.6 Å². The Morgan fingerprint density at radius 2 is 2.16 bits per heavy atom. The van der Waals surface area contributed by atoms with Crippen molar-refractivity contribution in [3.63, 3.8) is 0 Å². The van der Waals surface area contributed by atoms with Crippen molar-refractivity contribution in [1.29, 1.82) is 5.26 Å². The van der Waals surface area contributed by atoms with E-state index >= 15 is 0 Å². The number of anilines is 1. The van der Waals surface area contributed by atoms with Gasteiger partial charge in [0.1, 0.15) is 22.6 Å². The zero-order valence-electron chi connectivity index (χ0n) is 14.5. The van der Waals surface area contributed by atoms with E-state index in [4.69, 9.17) is 9.47 Å². The molecule has 1 amide bonds. The molecule has 1 atom stereocenters. The molecule has 1 aliphatic carbocycles. The lowest BCUT2D eigenvalue weighted by molar-refractivity contribution is 0.102. The lowest BCUT2D eigenvalue weighted by atomic mass is 9.88. The van der Waals surface area contributed by atoms with Gasteiger partial charge in [0.15, 0.2) is 0 Å². The quantitative estimate of drug-likeness (QED) is 0.898. The average Bonchev–Trinajstić information content (AvgIpc) is 2.96. The van der Waals surface area contributed by atoms with Gasteiger partial charge in [0.05, 0.1) is 25.3 Å². The highest BCUT2D eigenvalue weighted by Crippen LogP contribution is 2.39. The van der Waals surface area contributed by atoms with Gasteiger partial charge in [-0.3, -0.25) is 4.79 Å². The Bertz CT molecular complexity index is 851. The van der Waals surface area contributed by atoms with E-state index in [9.17, 15) is 10.1 Å². The fourth-order valence-corrected chi connectivity index (χ4v) is 4.48. The number of carbonyl (C=O) groups excluding carboxylic acids is 1. The highest BCUT2D eigenvalue weighted by Gasteiger charge is 2.25. The summed E-state index contributed by atoms with van der Waals surface area (Å²) in [6.45, 7) is 2.22. The maximum Gasteiger partial charge on any atom is 0.260 e. The van der Waals surface area contributed by atoms with Crippen LogP contribution in [0.2, 0.25) is 0 Å². The number of methoxy groups -OCH3 is 2. The number of hydrogen-bond acceptors (Lipinski definition) is 5. The maximum absolute atomic E-state index is 12.8. The molecule has 1 aromatic carbocycles. The molecule has 1 aliphatic rings. The normalized spacial score (nSPS) is 15.8. The minimum Gasteiger partial charge on any atom is -0.497 e. The molecule has 0 bridgehead atoms. The summed E-state index contributed by atoms with van der Waals surface area (Å²) >= 11 is 1.51. The van der Waals surface area contributed by atoms with Gasteiger partial charge in [-0.1, -0.05) is 6.92 Å². The lowest BCUT2D eigenvalue weighted by Gasteiger charge is -2.17. The third-order valence-electron chi connectivity index (χ3n) is 4.50. The van der Waals surface area contributed by atoms with Crippen LogP contribution in [-0.2, 0) is 12.8 Å². The Kier molecular flexibility index (Phi) is 4.95. The van der Waals surface area contributed by atoms with Crippen molar-refractivity contribution in [2.75, 3.05) is 19.5 Å². The molecule has 25 heavy (non-hydrogen) atoms. The second kappa shape index (κ2) is 7.16. The van der Waals surface area contributed by atoms with Crippen molar-refractivity contribution in [2.45, 2.75) is 26.2 Å². The van der Waals surface area contributed by atoms with E-state index in [1.54, 1.807) is 25.3 Å². The van der Waals surface area contributed by atoms with Crippen molar-refractivity contribution in [1.82, 2.24) is 0 Å². The monoisotopic (exact) mass is 356 g/mol. The minimum atomic E-state index is -0.307. The molecule has 130 valence electrons. The van der Waals surface area contributed by atoms with Crippen LogP contribution >= 0.6 is 11.3 Å². The summed E-state index contributed by atoms with van der Waals surface area (Å²) in [5, 5.41) is 13.1. The van der Waals surface area contributed by atoms with Crippen molar-refractivity contribution in [2.24, 2.45) is 5.92 Å². The zero-order valence-corrected chi connectivity index (χ0v) is 15.3. The lowest BCUT2D eigenvalue weighted by Crippen LogP contribution is -2.13. The second-order valence-corrected chi connectivity index (χ2v) is 7.29. The van der Waals surface area contributed by atoms with Crippen LogP contribution in [0.15, 0.2) is 18.2 Å². The fraction of sp³-hybridized carbons (Fsp3) is 0.368. The summed E-state index contributed by atoms with van der Waals surface area (Å²) in [6.07, 6.45) is 2.94. The molecule has 0 fully saturated rings. The first-order valence-electron chi connectivity index (χ1n) is 8.15. The molecule has 0 saturated carbocycles. The molecule has 0 aliphatic heterocycles. The Hall–Kier alpha value is -2.52. The largest absolute Gasteiger partial charge is 0.497 e. The number of benzene rings is 1. The first-order valence-corrected chi connectivity index (χ1v) is 8.97. The summed E-state index contributed by atoms with van der Waals surface area (Å²) in [5.41, 5.74) is 2.08. The number of ether oxygens (including phenoxy) is 2. The molecular weight excluding hydrogens is 336 g/mol. The van der Waals surface area contributed by atoms with E-state index in [2.05, 4.69) is 18.3 Å². The number of nitriles is 1. The van der Waals surface area contributed by atoms with Gasteiger partial charge in [-0.15, -0.1) is 11.3 Å². The fourth-order valence-electron chi connectivity index (χ4n) is 3.12. The molecule has 2 aromatic rings.